The van der Waals surface area contributed by atoms with Crippen molar-refractivity contribution in [3.05, 3.63) is 12.3 Å². The minimum Gasteiger partial charge on any atom is -0.773 e. The number of carboxylic acids is 1. The molecule has 144 valence electrons. The van der Waals surface area contributed by atoms with E-state index in [0.29, 0.717) is 0 Å². The van der Waals surface area contributed by atoms with E-state index in [1.165, 1.54) is 0 Å². The number of aliphatic carboxylic acids is 1. The van der Waals surface area contributed by atoms with E-state index in [4.69, 9.17) is 30.9 Å². The molecular formula is C9H28Cu2N2O8. The van der Waals surface area contributed by atoms with E-state index < -0.39 is 24.8 Å². The van der Waals surface area contributed by atoms with Gasteiger partial charge in [0.1, 0.15) is 6.29 Å². The Kier molecular flexibility index (Phi) is 140. The van der Waals surface area contributed by atoms with Crippen molar-refractivity contribution < 1.29 is 75.4 Å². The molecule has 0 aromatic carbocycles. The molecule has 0 rings (SSSR count). The van der Waals surface area contributed by atoms with Gasteiger partial charge < -0.3 is 54.6 Å². The van der Waals surface area contributed by atoms with E-state index in [9.17, 15) is 4.79 Å². The molecule has 10 nitrogen and oxygen atoms in total. The number of hydrogen-bond donors (Lipinski definition) is 6. The first-order valence-electron chi connectivity index (χ1n) is 3.73. The molecule has 0 fully saturated rings. The van der Waals surface area contributed by atoms with Crippen molar-refractivity contribution in [2.24, 2.45) is 5.73 Å². The first-order valence-corrected chi connectivity index (χ1v) is 3.73. The van der Waals surface area contributed by atoms with Gasteiger partial charge in [-0.05, 0) is 5.90 Å². The monoisotopic (exact) mass is 418 g/mol. The molecule has 0 spiro atoms. The van der Waals surface area contributed by atoms with E-state index >= 15 is 0 Å². The number of nitrogens with two attached hydrogens (primary N) is 1. The Morgan fingerprint density at radius 2 is 1.33 bits per heavy atom. The molecule has 0 amide bonds. The van der Waals surface area contributed by atoms with Crippen LogP contribution in [0.1, 0.15) is 21.3 Å². The normalized spacial score (nSPS) is 5.81. The van der Waals surface area contributed by atoms with Crippen molar-refractivity contribution >= 4 is 11.9 Å². The number of carboxylic acid groups (broad SMARTS) is 1. The number of nitrogens with zero attached hydrogens (tertiary/aromatic N) is 1. The van der Waals surface area contributed by atoms with Crippen molar-refractivity contribution in [2.75, 3.05) is 13.2 Å². The molecular weight excluding hydrogens is 391 g/mol. The zero-order chi connectivity index (χ0) is 12.9. The minimum atomic E-state index is -1.23. The fourth-order valence-corrected chi connectivity index (χ4v) is 0. The van der Waals surface area contributed by atoms with Crippen LogP contribution in [0.5, 0.6) is 0 Å². The molecule has 0 aromatic heterocycles. The van der Waals surface area contributed by atoms with Gasteiger partial charge in [-0.3, -0.25) is 4.79 Å². The molecule has 0 saturated carbocycles. The van der Waals surface area contributed by atoms with Crippen LogP contribution in [-0.4, -0.2) is 67.8 Å². The van der Waals surface area contributed by atoms with Crippen molar-refractivity contribution in [3.63, 3.8) is 0 Å². The van der Waals surface area contributed by atoms with Gasteiger partial charge >= 0.3 is 23.0 Å². The first kappa shape index (κ1) is 58.6. The standard InChI is InChI=1S/C3H7O2.C2H4NO2.C2H5NO2.2CH4.2Cu.2H2O/c1-2-3(4)5;3-2(5)1-4;3-1-2(4)5;;;;;;/h3-5H,1-2H2;4H,1H2,(H-,3,5);1,3H2,(H,4,5);2*1H4;;;2*1H2/q2*-1;;;;;+2;;. The summed E-state index contributed by atoms with van der Waals surface area (Å²) in [5, 5.41) is 46.1. The Morgan fingerprint density at radius 3 is 1.33 bits per heavy atom. The Balaban J connectivity index is -0.0000000129. The van der Waals surface area contributed by atoms with Crippen molar-refractivity contribution in [3.8, 4) is 0 Å². The van der Waals surface area contributed by atoms with Gasteiger partial charge in [-0.2, -0.15) is 0 Å². The molecule has 2 radical (unpaired) electrons. The van der Waals surface area contributed by atoms with Crippen LogP contribution in [0.3, 0.4) is 0 Å². The van der Waals surface area contributed by atoms with Gasteiger partial charge in [0.2, 0.25) is 0 Å². The van der Waals surface area contributed by atoms with Crippen LogP contribution in [-0.2, 0) is 38.9 Å². The van der Waals surface area contributed by atoms with Crippen LogP contribution in [0, 0.1) is 6.92 Å². The third-order valence-electron chi connectivity index (χ3n) is 0.574. The summed E-state index contributed by atoms with van der Waals surface area (Å²) in [4.78, 5) is 9.24. The van der Waals surface area contributed by atoms with Gasteiger partial charge in [0, 0.05) is 17.1 Å². The Labute approximate surface area is 146 Å². The first-order chi connectivity index (χ1) is 6.81. The van der Waals surface area contributed by atoms with E-state index in [0.717, 1.165) is 0 Å². The van der Waals surface area contributed by atoms with E-state index in [1.807, 2.05) is 0 Å². The maximum Gasteiger partial charge on any atom is 2.00 e. The number of aliphatic hydroxyl groups excluding tert-OH is 3. The number of carbonyl (C=O) groups is 1. The van der Waals surface area contributed by atoms with Gasteiger partial charge in [-0.25, -0.2) is 0 Å². The van der Waals surface area contributed by atoms with Gasteiger partial charge in [0.25, 0.3) is 0 Å². The van der Waals surface area contributed by atoms with Gasteiger partial charge in [-0.15, -0.1) is 6.42 Å². The summed E-state index contributed by atoms with van der Waals surface area (Å²) >= 11 is 0. The topological polar surface area (TPSA) is 230 Å². The van der Waals surface area contributed by atoms with Crippen LogP contribution in [0.4, 0.5) is 0 Å². The second-order valence-electron chi connectivity index (χ2n) is 1.94. The zero-order valence-corrected chi connectivity index (χ0v) is 11.6. The van der Waals surface area contributed by atoms with E-state index in [2.05, 4.69) is 12.7 Å². The molecule has 0 atom stereocenters. The summed E-state index contributed by atoms with van der Waals surface area (Å²) in [6.45, 7) is 2.24. The molecule has 0 aromatic rings. The zero-order valence-electron chi connectivity index (χ0n) is 9.68. The molecule has 0 saturated heterocycles. The van der Waals surface area contributed by atoms with Gasteiger partial charge in [0.05, 0.1) is 13.2 Å². The molecule has 21 heavy (non-hydrogen) atoms. The second kappa shape index (κ2) is 50.3. The van der Waals surface area contributed by atoms with E-state index in [-0.39, 0.29) is 72.9 Å². The number of rotatable bonds is 3. The van der Waals surface area contributed by atoms with Gasteiger partial charge in [-0.1, -0.05) is 14.9 Å². The van der Waals surface area contributed by atoms with Crippen LogP contribution >= 0.6 is 0 Å². The predicted molar refractivity (Wildman–Crippen MR) is 73.7 cm³/mol. The van der Waals surface area contributed by atoms with Crippen molar-refractivity contribution in [1.29, 1.82) is 0 Å². The second-order valence-corrected chi connectivity index (χ2v) is 1.94. The molecule has 0 aliphatic heterocycles. The number of hydrogen-bond acceptors (Lipinski definition) is 5. The van der Waals surface area contributed by atoms with Crippen LogP contribution in [0.15, 0.2) is 0 Å². The molecule has 0 unspecified atom stereocenters. The summed E-state index contributed by atoms with van der Waals surface area (Å²) in [6.07, 6.45) is -1.06. The molecule has 11 N–H and O–H groups in total. The summed E-state index contributed by atoms with van der Waals surface area (Å²) in [6, 6.07) is 0. The average Bonchev–Trinajstić information content (AvgIpc) is 2.19. The quantitative estimate of drug-likeness (QED) is 0.0959. The predicted octanol–water partition coefficient (Wildman–Crippen LogP) is -2.33. The largest absolute Gasteiger partial charge is 2.00 e. The van der Waals surface area contributed by atoms with E-state index in [1.54, 1.807) is 0 Å². The van der Waals surface area contributed by atoms with Crippen molar-refractivity contribution in [1.82, 2.24) is 0 Å². The molecule has 0 heterocycles. The average molecular weight is 419 g/mol. The summed E-state index contributed by atoms with van der Waals surface area (Å²) in [5.41, 5.74) is 4.57. The third-order valence-corrected chi connectivity index (χ3v) is 0.574. The van der Waals surface area contributed by atoms with Gasteiger partial charge in [0.15, 0.2) is 0 Å². The Hall–Kier alpha value is -0.261. The Morgan fingerprint density at radius 1 is 1.19 bits per heavy atom. The SMILES string of the molecule is C.C.NCC(=O)O.O.O.[CH2-]CC(O)O.[Cu+2].[Cu].[N-]=C(O)CO. The maximum absolute atomic E-state index is 9.24. The van der Waals surface area contributed by atoms with Crippen molar-refractivity contribution in [2.45, 2.75) is 27.6 Å². The smallest absolute Gasteiger partial charge is 0.773 e. The molecule has 0 aliphatic rings. The third kappa shape index (κ3) is 189. The van der Waals surface area contributed by atoms with Crippen LogP contribution < -0.4 is 5.73 Å². The summed E-state index contributed by atoms with van der Waals surface area (Å²) in [5.74, 6) is -1.91. The fourth-order valence-electron chi connectivity index (χ4n) is 0. The fraction of sp³-hybridized carbons (Fsp3) is 0.667. The Bertz CT molecular complexity index is 162. The molecule has 0 bridgehead atoms. The van der Waals surface area contributed by atoms with Crippen LogP contribution in [0.25, 0.3) is 5.41 Å². The minimum absolute atomic E-state index is 0. The summed E-state index contributed by atoms with van der Waals surface area (Å²) < 4.78 is 0. The molecule has 0 aliphatic carbocycles. The molecule has 12 heteroatoms. The van der Waals surface area contributed by atoms with Crippen LogP contribution in [0.2, 0.25) is 0 Å². The summed E-state index contributed by atoms with van der Waals surface area (Å²) in [7, 11) is 0. The number of aliphatic hydroxyl groups is 4. The maximum atomic E-state index is 9.24.